The number of nitrogens with zero attached hydrogens (tertiary/aromatic N) is 2. The first kappa shape index (κ1) is 15.1. The van der Waals surface area contributed by atoms with Crippen LogP contribution in [0.3, 0.4) is 0 Å². The van der Waals surface area contributed by atoms with E-state index in [-0.39, 0.29) is 12.2 Å². The summed E-state index contributed by atoms with van der Waals surface area (Å²) in [6, 6.07) is 5.74. The molecule has 1 aromatic carbocycles. The minimum Gasteiger partial charge on any atom is -0.496 e. The normalized spacial score (nSPS) is 12.9. The van der Waals surface area contributed by atoms with Crippen LogP contribution < -0.4 is 15.2 Å². The van der Waals surface area contributed by atoms with Crippen molar-refractivity contribution in [3.05, 3.63) is 45.9 Å². The Labute approximate surface area is 132 Å². The van der Waals surface area contributed by atoms with Crippen LogP contribution in [0.2, 0.25) is 0 Å². The molecule has 1 aromatic heterocycles. The summed E-state index contributed by atoms with van der Waals surface area (Å²) in [4.78, 5) is 32.5. The number of ether oxygens (including phenoxy) is 2. The first-order valence-corrected chi connectivity index (χ1v) is 7.35. The van der Waals surface area contributed by atoms with E-state index in [0.29, 0.717) is 12.5 Å². The minimum atomic E-state index is -0.670. The Morgan fingerprint density at radius 3 is 2.96 bits per heavy atom. The van der Waals surface area contributed by atoms with Crippen molar-refractivity contribution in [1.29, 1.82) is 0 Å². The number of anilines is 2. The number of methoxy groups -OCH3 is 1. The molecular weight excluding hydrogens is 298 g/mol. The molecule has 3 rings (SSSR count). The fraction of sp³-hybridized carbons (Fsp3) is 0.312. The number of carbonyl (C=O) groups is 1. The SMILES string of the molecule is CCOC(=O)c1cnc(N2CCc3c(OC)cccc32)[nH]c1=O. The van der Waals surface area contributed by atoms with Gasteiger partial charge in [0.05, 0.1) is 25.6 Å². The van der Waals surface area contributed by atoms with Crippen molar-refractivity contribution in [1.82, 2.24) is 9.97 Å². The summed E-state index contributed by atoms with van der Waals surface area (Å²) >= 11 is 0. The average molecular weight is 315 g/mol. The molecule has 0 saturated heterocycles. The van der Waals surface area contributed by atoms with Crippen LogP contribution in [0.15, 0.2) is 29.2 Å². The maximum absolute atomic E-state index is 12.1. The molecule has 0 fully saturated rings. The fourth-order valence-electron chi connectivity index (χ4n) is 2.69. The molecule has 23 heavy (non-hydrogen) atoms. The number of aromatic nitrogens is 2. The van der Waals surface area contributed by atoms with Gasteiger partial charge in [0.25, 0.3) is 5.56 Å². The van der Waals surface area contributed by atoms with Gasteiger partial charge in [-0.25, -0.2) is 9.78 Å². The van der Waals surface area contributed by atoms with Gasteiger partial charge < -0.3 is 14.4 Å². The third-order valence-corrected chi connectivity index (χ3v) is 3.74. The molecule has 0 saturated carbocycles. The molecule has 0 unspecified atom stereocenters. The highest BCUT2D eigenvalue weighted by Gasteiger charge is 2.25. The Bertz CT molecular complexity index is 800. The quantitative estimate of drug-likeness (QED) is 0.864. The lowest BCUT2D eigenvalue weighted by Gasteiger charge is -2.18. The number of hydrogen-bond donors (Lipinski definition) is 1. The standard InChI is InChI=1S/C16H17N3O4/c1-3-23-15(21)11-9-17-16(18-14(11)20)19-8-7-10-12(19)5-4-6-13(10)22-2/h4-6,9H,3,7-8H2,1-2H3,(H,17,18,20). The van der Waals surface area contributed by atoms with Crippen molar-refractivity contribution >= 4 is 17.6 Å². The van der Waals surface area contributed by atoms with Crippen molar-refractivity contribution in [2.24, 2.45) is 0 Å². The Kier molecular flexibility index (Phi) is 4.01. The summed E-state index contributed by atoms with van der Waals surface area (Å²) in [5.41, 5.74) is 1.41. The van der Waals surface area contributed by atoms with E-state index < -0.39 is 11.5 Å². The van der Waals surface area contributed by atoms with E-state index in [1.807, 2.05) is 23.1 Å². The second-order valence-corrected chi connectivity index (χ2v) is 5.03. The molecule has 1 aliphatic heterocycles. The summed E-state index contributed by atoms with van der Waals surface area (Å²) in [6.45, 7) is 2.57. The molecule has 120 valence electrons. The average Bonchev–Trinajstić information content (AvgIpc) is 2.98. The molecule has 0 spiro atoms. The number of nitrogens with one attached hydrogen (secondary N) is 1. The van der Waals surface area contributed by atoms with Crippen LogP contribution in [-0.4, -0.2) is 36.2 Å². The van der Waals surface area contributed by atoms with Crippen LogP contribution in [0, 0.1) is 0 Å². The van der Waals surface area contributed by atoms with Crippen LogP contribution in [0.5, 0.6) is 5.75 Å². The zero-order chi connectivity index (χ0) is 16.4. The number of aromatic amines is 1. The second kappa shape index (κ2) is 6.12. The van der Waals surface area contributed by atoms with Gasteiger partial charge in [0.1, 0.15) is 11.3 Å². The lowest BCUT2D eigenvalue weighted by molar-refractivity contribution is 0.0524. The molecular formula is C16H17N3O4. The number of rotatable bonds is 4. The van der Waals surface area contributed by atoms with Crippen molar-refractivity contribution < 1.29 is 14.3 Å². The number of fused-ring (bicyclic) bond motifs is 1. The van der Waals surface area contributed by atoms with Crippen LogP contribution in [-0.2, 0) is 11.2 Å². The molecule has 0 aliphatic carbocycles. The molecule has 2 aromatic rings. The van der Waals surface area contributed by atoms with E-state index in [0.717, 1.165) is 23.4 Å². The summed E-state index contributed by atoms with van der Waals surface area (Å²) in [6.07, 6.45) is 2.05. The van der Waals surface area contributed by atoms with Gasteiger partial charge in [0.2, 0.25) is 5.95 Å². The smallest absolute Gasteiger partial charge is 0.345 e. The monoisotopic (exact) mass is 315 g/mol. The molecule has 0 amide bonds. The maximum atomic E-state index is 12.1. The van der Waals surface area contributed by atoms with E-state index in [4.69, 9.17) is 9.47 Å². The molecule has 7 nitrogen and oxygen atoms in total. The largest absolute Gasteiger partial charge is 0.496 e. The van der Waals surface area contributed by atoms with Crippen molar-refractivity contribution in [3.63, 3.8) is 0 Å². The van der Waals surface area contributed by atoms with E-state index in [2.05, 4.69) is 9.97 Å². The van der Waals surface area contributed by atoms with E-state index in [9.17, 15) is 9.59 Å². The Balaban J connectivity index is 1.95. The molecule has 2 heterocycles. The van der Waals surface area contributed by atoms with Crippen molar-refractivity contribution in [2.75, 3.05) is 25.2 Å². The highest BCUT2D eigenvalue weighted by molar-refractivity contribution is 5.88. The molecule has 0 bridgehead atoms. The highest BCUT2D eigenvalue weighted by Crippen LogP contribution is 2.37. The van der Waals surface area contributed by atoms with Crippen LogP contribution >= 0.6 is 0 Å². The summed E-state index contributed by atoms with van der Waals surface area (Å²) in [5.74, 6) is 0.543. The van der Waals surface area contributed by atoms with Crippen molar-refractivity contribution in [3.8, 4) is 5.75 Å². The predicted molar refractivity (Wildman–Crippen MR) is 84.5 cm³/mol. The number of benzene rings is 1. The Hall–Kier alpha value is -2.83. The van der Waals surface area contributed by atoms with E-state index in [1.54, 1.807) is 14.0 Å². The lowest BCUT2D eigenvalue weighted by Crippen LogP contribution is -2.25. The number of esters is 1. The molecule has 7 heteroatoms. The highest BCUT2D eigenvalue weighted by atomic mass is 16.5. The Morgan fingerprint density at radius 2 is 2.26 bits per heavy atom. The van der Waals surface area contributed by atoms with Crippen LogP contribution in [0.25, 0.3) is 0 Å². The van der Waals surface area contributed by atoms with Gasteiger partial charge in [-0.1, -0.05) is 6.07 Å². The third-order valence-electron chi connectivity index (χ3n) is 3.74. The summed E-state index contributed by atoms with van der Waals surface area (Å²) in [5, 5.41) is 0. The molecule has 0 atom stereocenters. The molecule has 1 aliphatic rings. The van der Waals surface area contributed by atoms with Crippen molar-refractivity contribution in [2.45, 2.75) is 13.3 Å². The van der Waals surface area contributed by atoms with Gasteiger partial charge in [-0.3, -0.25) is 9.78 Å². The van der Waals surface area contributed by atoms with Crippen LogP contribution in [0.1, 0.15) is 22.8 Å². The van der Waals surface area contributed by atoms with E-state index in [1.165, 1.54) is 6.20 Å². The number of H-pyrrole nitrogens is 1. The topological polar surface area (TPSA) is 84.5 Å². The van der Waals surface area contributed by atoms with Gasteiger partial charge in [-0.05, 0) is 25.5 Å². The first-order valence-electron chi connectivity index (χ1n) is 7.35. The first-order chi connectivity index (χ1) is 11.2. The maximum Gasteiger partial charge on any atom is 0.345 e. The molecule has 1 N–H and O–H groups in total. The number of carbonyl (C=O) groups excluding carboxylic acids is 1. The zero-order valence-electron chi connectivity index (χ0n) is 13.0. The summed E-state index contributed by atoms with van der Waals surface area (Å²) in [7, 11) is 1.63. The van der Waals surface area contributed by atoms with Gasteiger partial charge in [0, 0.05) is 12.1 Å². The summed E-state index contributed by atoms with van der Waals surface area (Å²) < 4.78 is 10.2. The van der Waals surface area contributed by atoms with Crippen LogP contribution in [0.4, 0.5) is 11.6 Å². The minimum absolute atomic E-state index is 0.0966. The van der Waals surface area contributed by atoms with E-state index >= 15 is 0 Å². The Morgan fingerprint density at radius 1 is 1.43 bits per heavy atom. The molecule has 0 radical (unpaired) electrons. The number of hydrogen-bond acceptors (Lipinski definition) is 6. The van der Waals surface area contributed by atoms with Gasteiger partial charge >= 0.3 is 5.97 Å². The fourth-order valence-corrected chi connectivity index (χ4v) is 2.69. The zero-order valence-corrected chi connectivity index (χ0v) is 13.0. The van der Waals surface area contributed by atoms with Gasteiger partial charge in [-0.15, -0.1) is 0 Å². The third kappa shape index (κ3) is 2.65. The van der Waals surface area contributed by atoms with Gasteiger partial charge in [0.15, 0.2) is 0 Å². The predicted octanol–water partition coefficient (Wildman–Crippen LogP) is 1.65. The van der Waals surface area contributed by atoms with Gasteiger partial charge in [-0.2, -0.15) is 0 Å². The lowest BCUT2D eigenvalue weighted by atomic mass is 10.1. The second-order valence-electron chi connectivity index (χ2n) is 5.03.